The molecule has 1 amide bonds. The van der Waals surface area contributed by atoms with Gasteiger partial charge in [-0.3, -0.25) is 14.9 Å². The molecule has 2 aliphatic rings. The Balaban J connectivity index is 1.71. The average Bonchev–Trinajstić information content (AvgIpc) is 3.03. The van der Waals surface area contributed by atoms with Crippen molar-refractivity contribution in [3.05, 3.63) is 33.3 Å². The zero-order chi connectivity index (χ0) is 14.3. The first-order valence-corrected chi connectivity index (χ1v) is 7.17. The third-order valence-corrected chi connectivity index (χ3v) is 4.81. The maximum Gasteiger partial charge on any atom is 0.271 e. The quantitative estimate of drug-likeness (QED) is 0.683. The van der Waals surface area contributed by atoms with Crippen molar-refractivity contribution in [2.75, 3.05) is 5.32 Å². The van der Waals surface area contributed by atoms with Gasteiger partial charge in [0.1, 0.15) is 0 Å². The fraction of sp³-hybridized carbons (Fsp3) is 0.500. The van der Waals surface area contributed by atoms with Gasteiger partial charge in [-0.25, -0.2) is 0 Å². The molecule has 0 radical (unpaired) electrons. The first-order chi connectivity index (χ1) is 9.54. The number of amides is 1. The number of nitrogens with one attached hydrogen (secondary N) is 1. The molecule has 3 unspecified atom stereocenters. The number of rotatable bonds is 3. The summed E-state index contributed by atoms with van der Waals surface area (Å²) >= 11 is 5.98. The van der Waals surface area contributed by atoms with Gasteiger partial charge < -0.3 is 5.32 Å². The van der Waals surface area contributed by atoms with Crippen molar-refractivity contribution < 1.29 is 9.72 Å². The molecule has 0 saturated heterocycles. The molecule has 3 rings (SSSR count). The summed E-state index contributed by atoms with van der Waals surface area (Å²) in [6, 6.07) is 4.10. The molecule has 2 saturated carbocycles. The van der Waals surface area contributed by atoms with E-state index in [1.165, 1.54) is 24.6 Å². The van der Waals surface area contributed by atoms with Gasteiger partial charge in [0, 0.05) is 18.1 Å². The lowest BCUT2D eigenvalue weighted by Crippen LogP contribution is -2.27. The predicted octanol–water partition coefficient (Wildman–Crippen LogP) is 3.62. The maximum atomic E-state index is 12.3. The number of nitro benzene ring substituents is 1. The molecule has 1 N–H and O–H groups in total. The second kappa shape index (κ2) is 5.05. The van der Waals surface area contributed by atoms with Gasteiger partial charge in [-0.2, -0.15) is 0 Å². The van der Waals surface area contributed by atoms with E-state index in [0.29, 0.717) is 17.5 Å². The molecule has 6 heteroatoms. The molecule has 1 aromatic rings. The summed E-state index contributed by atoms with van der Waals surface area (Å²) in [5.41, 5.74) is 0.373. The zero-order valence-electron chi connectivity index (χ0n) is 10.8. The van der Waals surface area contributed by atoms with Crippen molar-refractivity contribution in [1.82, 2.24) is 0 Å². The summed E-state index contributed by atoms with van der Waals surface area (Å²) in [4.78, 5) is 22.4. The first-order valence-electron chi connectivity index (χ1n) is 6.79. The van der Waals surface area contributed by atoms with E-state index in [1.54, 1.807) is 0 Å². The Morgan fingerprint density at radius 3 is 2.70 bits per heavy atom. The first kappa shape index (κ1) is 13.4. The van der Waals surface area contributed by atoms with Gasteiger partial charge in [-0.1, -0.05) is 18.0 Å². The summed E-state index contributed by atoms with van der Waals surface area (Å²) in [6.07, 6.45) is 4.50. The Kier molecular flexibility index (Phi) is 3.38. The van der Waals surface area contributed by atoms with Gasteiger partial charge in [-0.05, 0) is 37.2 Å². The van der Waals surface area contributed by atoms with Gasteiger partial charge in [0.2, 0.25) is 5.91 Å². The number of carbonyl (C=O) groups excluding carboxylic acids is 1. The highest BCUT2D eigenvalue weighted by Gasteiger charge is 2.43. The van der Waals surface area contributed by atoms with Crippen LogP contribution < -0.4 is 5.32 Å². The summed E-state index contributed by atoms with van der Waals surface area (Å²) in [5, 5.41) is 13.7. The van der Waals surface area contributed by atoms with E-state index in [2.05, 4.69) is 5.32 Å². The standard InChI is InChI=1S/C14H15ClN2O3/c15-12-7-10(17(19)20)3-4-13(12)16-14(18)11-6-8-1-2-9(11)5-8/h3-4,7-9,11H,1-2,5-6H2,(H,16,18). The molecule has 0 spiro atoms. The topological polar surface area (TPSA) is 72.2 Å². The molecule has 1 aromatic carbocycles. The van der Waals surface area contributed by atoms with Crippen molar-refractivity contribution in [2.24, 2.45) is 17.8 Å². The van der Waals surface area contributed by atoms with Gasteiger partial charge in [0.25, 0.3) is 5.69 Å². The molecule has 2 fully saturated rings. The third-order valence-electron chi connectivity index (χ3n) is 4.50. The SMILES string of the molecule is O=C(Nc1ccc([N+](=O)[O-])cc1Cl)C1CC2CCC1C2. The van der Waals surface area contributed by atoms with Crippen LogP contribution in [0, 0.1) is 27.9 Å². The number of carbonyl (C=O) groups is 1. The molecule has 2 aliphatic carbocycles. The highest BCUT2D eigenvalue weighted by Crippen LogP contribution is 2.48. The highest BCUT2D eigenvalue weighted by molar-refractivity contribution is 6.34. The van der Waals surface area contributed by atoms with Crippen molar-refractivity contribution in [1.29, 1.82) is 0 Å². The lowest BCUT2D eigenvalue weighted by Gasteiger charge is -2.21. The van der Waals surface area contributed by atoms with Crippen LogP contribution in [0.25, 0.3) is 0 Å². The maximum absolute atomic E-state index is 12.3. The molecule has 0 heterocycles. The van der Waals surface area contributed by atoms with Crippen LogP contribution >= 0.6 is 11.6 Å². The van der Waals surface area contributed by atoms with Crippen molar-refractivity contribution in [3.8, 4) is 0 Å². The summed E-state index contributed by atoms with van der Waals surface area (Å²) in [7, 11) is 0. The van der Waals surface area contributed by atoms with Crippen LogP contribution in [0.3, 0.4) is 0 Å². The van der Waals surface area contributed by atoms with Crippen molar-refractivity contribution in [3.63, 3.8) is 0 Å². The van der Waals surface area contributed by atoms with Crippen LogP contribution in [0.2, 0.25) is 5.02 Å². The van der Waals surface area contributed by atoms with Crippen LogP contribution in [0.5, 0.6) is 0 Å². The predicted molar refractivity (Wildman–Crippen MR) is 75.7 cm³/mol. The molecular formula is C14H15ClN2O3. The largest absolute Gasteiger partial charge is 0.325 e. The number of anilines is 1. The number of hydrogen-bond donors (Lipinski definition) is 1. The molecule has 0 aliphatic heterocycles. The van der Waals surface area contributed by atoms with E-state index in [9.17, 15) is 14.9 Å². The van der Waals surface area contributed by atoms with Crippen LogP contribution in [0.15, 0.2) is 18.2 Å². The molecule has 20 heavy (non-hydrogen) atoms. The minimum atomic E-state index is -0.507. The van der Waals surface area contributed by atoms with Crippen molar-refractivity contribution >= 4 is 28.9 Å². The third kappa shape index (κ3) is 2.38. The highest BCUT2D eigenvalue weighted by atomic mass is 35.5. The van der Waals surface area contributed by atoms with E-state index >= 15 is 0 Å². The molecule has 3 atom stereocenters. The van der Waals surface area contributed by atoms with Crippen LogP contribution in [-0.2, 0) is 4.79 Å². The minimum Gasteiger partial charge on any atom is -0.325 e. The Hall–Kier alpha value is -1.62. The Morgan fingerprint density at radius 2 is 2.15 bits per heavy atom. The average molecular weight is 295 g/mol. The Morgan fingerprint density at radius 1 is 1.35 bits per heavy atom. The van der Waals surface area contributed by atoms with E-state index in [4.69, 9.17) is 11.6 Å². The number of benzene rings is 1. The number of nitro groups is 1. The Labute approximate surface area is 121 Å². The molecule has 2 bridgehead atoms. The van der Waals surface area contributed by atoms with E-state index < -0.39 is 4.92 Å². The van der Waals surface area contributed by atoms with Crippen LogP contribution in [0.4, 0.5) is 11.4 Å². The summed E-state index contributed by atoms with van der Waals surface area (Å²) < 4.78 is 0. The number of fused-ring (bicyclic) bond motifs is 2. The molecular weight excluding hydrogens is 280 g/mol. The van der Waals surface area contributed by atoms with E-state index in [0.717, 1.165) is 19.3 Å². The van der Waals surface area contributed by atoms with Crippen molar-refractivity contribution in [2.45, 2.75) is 25.7 Å². The lowest BCUT2D eigenvalue weighted by atomic mass is 9.88. The number of hydrogen-bond acceptors (Lipinski definition) is 3. The van der Waals surface area contributed by atoms with Gasteiger partial charge in [-0.15, -0.1) is 0 Å². The second-order valence-corrected chi connectivity index (χ2v) is 6.10. The van der Waals surface area contributed by atoms with E-state index in [1.807, 2.05) is 0 Å². The second-order valence-electron chi connectivity index (χ2n) is 5.69. The van der Waals surface area contributed by atoms with E-state index in [-0.39, 0.29) is 22.5 Å². The van der Waals surface area contributed by atoms with Gasteiger partial charge in [0.05, 0.1) is 15.6 Å². The van der Waals surface area contributed by atoms with Crippen LogP contribution in [0.1, 0.15) is 25.7 Å². The summed E-state index contributed by atoms with van der Waals surface area (Å²) in [6.45, 7) is 0. The molecule has 0 aromatic heterocycles. The van der Waals surface area contributed by atoms with Gasteiger partial charge in [0.15, 0.2) is 0 Å². The Bertz CT molecular complexity index is 576. The number of halogens is 1. The smallest absolute Gasteiger partial charge is 0.271 e. The number of non-ortho nitro benzene ring substituents is 1. The molecule has 5 nitrogen and oxygen atoms in total. The minimum absolute atomic E-state index is 0.00652. The number of nitrogens with zero attached hydrogens (tertiary/aromatic N) is 1. The summed E-state index contributed by atoms with van der Waals surface area (Å²) in [5.74, 6) is 1.26. The monoisotopic (exact) mass is 294 g/mol. The zero-order valence-corrected chi connectivity index (χ0v) is 11.6. The molecule has 106 valence electrons. The van der Waals surface area contributed by atoms with Crippen LogP contribution in [-0.4, -0.2) is 10.8 Å². The fourth-order valence-corrected chi connectivity index (χ4v) is 3.73. The lowest BCUT2D eigenvalue weighted by molar-refractivity contribution is -0.384. The fourth-order valence-electron chi connectivity index (χ4n) is 3.51. The van der Waals surface area contributed by atoms with Gasteiger partial charge >= 0.3 is 0 Å². The normalized spacial score (nSPS) is 27.6.